The molecule has 0 aromatic heterocycles. The minimum atomic E-state index is 0. The fourth-order valence-corrected chi connectivity index (χ4v) is 0. The van der Waals surface area contributed by atoms with Crippen molar-refractivity contribution in [1.82, 2.24) is 4.72 Å². The molecule has 36 valence electrons. The molecule has 0 fully saturated rings. The van der Waals surface area contributed by atoms with Gasteiger partial charge in [0.2, 0.25) is 0 Å². The van der Waals surface area contributed by atoms with Gasteiger partial charge < -0.3 is 0 Å². The van der Waals surface area contributed by atoms with Crippen LogP contribution in [0.4, 0.5) is 0 Å². The second kappa shape index (κ2) is 16.0. The van der Waals surface area contributed by atoms with Crippen LogP contribution in [-0.4, -0.2) is 6.54 Å². The summed E-state index contributed by atoms with van der Waals surface area (Å²) >= 11 is 3.67. The van der Waals surface area contributed by atoms with Crippen LogP contribution in [-0.2, 0) is 27.7 Å². The molecule has 1 nitrogen and oxygen atoms in total. The van der Waals surface area contributed by atoms with E-state index in [1.54, 1.807) is 0 Å². The first-order valence-electron chi connectivity index (χ1n) is 1.28. The Hall–Kier alpha value is 1.54. The van der Waals surface area contributed by atoms with E-state index >= 15 is 0 Å². The first kappa shape index (κ1) is 15.6. The van der Waals surface area contributed by atoms with Crippen molar-refractivity contribution >= 4 is 25.2 Å². The molecule has 0 spiro atoms. The smallest absolute Gasteiger partial charge is 0.00277 e. The van der Waals surface area contributed by atoms with Gasteiger partial charge in [-0.05, 0) is 0 Å². The Bertz CT molecular complexity index is 15.5. The number of thiol groups is 1. The van der Waals surface area contributed by atoms with E-state index in [0.29, 0.717) is 0 Å². The Kier molecular flexibility index (Phi) is 41.8. The average molecular weight is 314 g/mol. The molecule has 0 rings (SSSR count). The Labute approximate surface area is 70.7 Å². The fourth-order valence-electron chi connectivity index (χ4n) is 0. The minimum absolute atomic E-state index is 0. The Balaban J connectivity index is -0.0000000450. The van der Waals surface area contributed by atoms with Crippen LogP contribution in [0.3, 0.4) is 0 Å². The molecule has 0 atom stereocenters. The zero-order chi connectivity index (χ0) is 3.41. The molecule has 0 aromatic rings. The van der Waals surface area contributed by atoms with Crippen molar-refractivity contribution in [3.05, 3.63) is 0 Å². The maximum absolute atomic E-state index is 3.67. The molecule has 4 heteroatoms. The van der Waals surface area contributed by atoms with Crippen molar-refractivity contribution in [1.29, 1.82) is 0 Å². The maximum Gasteiger partial charge on any atom is 0.00277 e. The van der Waals surface area contributed by atoms with Crippen LogP contribution in [0, 0.1) is 0 Å². The van der Waals surface area contributed by atoms with Crippen LogP contribution in [0.25, 0.3) is 0 Å². The van der Waals surface area contributed by atoms with Gasteiger partial charge >= 0.3 is 0 Å². The van der Waals surface area contributed by atoms with E-state index in [4.69, 9.17) is 0 Å². The van der Waals surface area contributed by atoms with E-state index in [0.717, 1.165) is 6.54 Å². The van der Waals surface area contributed by atoms with Crippen LogP contribution < -0.4 is 4.72 Å². The molecule has 6 heavy (non-hydrogen) atoms. The van der Waals surface area contributed by atoms with Gasteiger partial charge in [-0.1, -0.05) is 19.7 Å². The number of hydrogen-bond acceptors (Lipinski definition) is 2. The molecule has 0 aliphatic carbocycles. The Morgan fingerprint density at radius 3 is 1.83 bits per heavy atom. The molecule has 0 amide bonds. The van der Waals surface area contributed by atoms with E-state index < -0.39 is 0 Å². The molecular formula is C2H8ClHgNS. The zero-order valence-corrected chi connectivity index (χ0v) is 11.0. The monoisotopic (exact) mass is 315 g/mol. The Morgan fingerprint density at radius 2 is 1.83 bits per heavy atom. The van der Waals surface area contributed by atoms with E-state index in [1.807, 2.05) is 6.92 Å². The van der Waals surface area contributed by atoms with Crippen molar-refractivity contribution in [2.45, 2.75) is 6.92 Å². The van der Waals surface area contributed by atoms with Gasteiger partial charge in [0, 0.05) is 34.2 Å². The first-order valence-corrected chi connectivity index (χ1v) is 1.73. The summed E-state index contributed by atoms with van der Waals surface area (Å²) in [5.41, 5.74) is 0. The molecule has 0 saturated heterocycles. The van der Waals surface area contributed by atoms with Gasteiger partial charge in [-0.2, -0.15) is 0 Å². The summed E-state index contributed by atoms with van der Waals surface area (Å²) in [6.07, 6.45) is 0. The van der Waals surface area contributed by atoms with Gasteiger partial charge in [-0.3, -0.25) is 4.72 Å². The van der Waals surface area contributed by atoms with Crippen molar-refractivity contribution in [3.8, 4) is 0 Å². The van der Waals surface area contributed by atoms with Crippen LogP contribution in [0.5, 0.6) is 0 Å². The molecule has 0 heterocycles. The molecule has 0 radical (unpaired) electrons. The van der Waals surface area contributed by atoms with Gasteiger partial charge in [0.15, 0.2) is 0 Å². The predicted octanol–water partition coefficient (Wildman–Crippen LogP) is 0.860. The average Bonchev–Trinajstić information content (AvgIpc) is 1.37. The molecule has 0 unspecified atom stereocenters. The topological polar surface area (TPSA) is 12.0 Å². The molecule has 0 saturated carbocycles. The summed E-state index contributed by atoms with van der Waals surface area (Å²) in [7, 11) is 0. The normalized spacial score (nSPS) is 5.00. The Morgan fingerprint density at radius 1 is 1.67 bits per heavy atom. The van der Waals surface area contributed by atoms with Gasteiger partial charge in [0.05, 0.1) is 0 Å². The van der Waals surface area contributed by atoms with Crippen molar-refractivity contribution < 1.29 is 27.7 Å². The second-order valence-electron chi connectivity index (χ2n) is 0.512. The summed E-state index contributed by atoms with van der Waals surface area (Å²) in [5.74, 6) is 0. The number of rotatable bonds is 1. The standard InChI is InChI=1S/C2H7NS.ClH.Hg/c1-2-3-4;;/h3-4H,2H2,1H3;1H;. The van der Waals surface area contributed by atoms with Crippen LogP contribution in [0.1, 0.15) is 6.92 Å². The quantitative estimate of drug-likeness (QED) is 0.540. The van der Waals surface area contributed by atoms with Crippen LogP contribution >= 0.6 is 25.2 Å². The number of hydrogen-bond donors (Lipinski definition) is 2. The molecule has 1 N–H and O–H groups in total. The molecule has 0 aliphatic heterocycles. The van der Waals surface area contributed by atoms with Crippen LogP contribution in [0.2, 0.25) is 0 Å². The summed E-state index contributed by atoms with van der Waals surface area (Å²) in [6.45, 7) is 2.93. The molecule has 0 aliphatic rings. The minimum Gasteiger partial charge on any atom is -0.267 e. The zero-order valence-electron chi connectivity index (χ0n) is 3.77. The van der Waals surface area contributed by atoms with Crippen molar-refractivity contribution in [2.24, 2.45) is 0 Å². The third-order valence-electron chi connectivity index (χ3n) is 0.158. The van der Waals surface area contributed by atoms with E-state index in [1.165, 1.54) is 0 Å². The van der Waals surface area contributed by atoms with Crippen molar-refractivity contribution in [3.63, 3.8) is 0 Å². The number of halogens is 1. The van der Waals surface area contributed by atoms with Gasteiger partial charge in [0.25, 0.3) is 0 Å². The maximum atomic E-state index is 3.67. The summed E-state index contributed by atoms with van der Waals surface area (Å²) in [4.78, 5) is 0. The first-order chi connectivity index (χ1) is 1.91. The second-order valence-corrected chi connectivity index (χ2v) is 0.828. The predicted molar refractivity (Wildman–Crippen MR) is 29.9 cm³/mol. The third-order valence-corrected chi connectivity index (χ3v) is 0.474. The molecule has 0 aromatic carbocycles. The molecule has 0 bridgehead atoms. The van der Waals surface area contributed by atoms with E-state index in [2.05, 4.69) is 17.5 Å². The molecular weight excluding hydrogens is 306 g/mol. The van der Waals surface area contributed by atoms with Gasteiger partial charge in [-0.15, -0.1) is 12.4 Å². The SMILES string of the molecule is CCNS.Cl.[Hg]. The summed E-state index contributed by atoms with van der Waals surface area (Å²) in [5, 5.41) is 0. The van der Waals surface area contributed by atoms with Crippen LogP contribution in [0.15, 0.2) is 0 Å². The van der Waals surface area contributed by atoms with Crippen molar-refractivity contribution in [2.75, 3.05) is 6.54 Å². The third kappa shape index (κ3) is 17.7. The van der Waals surface area contributed by atoms with E-state index in [9.17, 15) is 0 Å². The number of nitrogens with one attached hydrogen (secondary N) is 1. The fraction of sp³-hybridized carbons (Fsp3) is 1.00. The van der Waals surface area contributed by atoms with Gasteiger partial charge in [0.1, 0.15) is 0 Å². The van der Waals surface area contributed by atoms with E-state index in [-0.39, 0.29) is 40.1 Å². The van der Waals surface area contributed by atoms with Gasteiger partial charge in [-0.25, -0.2) is 0 Å². The largest absolute Gasteiger partial charge is 0.267 e. The summed E-state index contributed by atoms with van der Waals surface area (Å²) in [6, 6.07) is 0. The summed E-state index contributed by atoms with van der Waals surface area (Å²) < 4.78 is 2.62.